The Morgan fingerprint density at radius 3 is 2.90 bits per heavy atom. The summed E-state index contributed by atoms with van der Waals surface area (Å²) in [6.45, 7) is 7.47. The Bertz CT molecular complexity index is 835. The van der Waals surface area contributed by atoms with E-state index in [0.29, 0.717) is 5.82 Å². The second-order valence-electron chi connectivity index (χ2n) is 4.47. The molecule has 104 valence electrons. The van der Waals surface area contributed by atoms with Crippen molar-refractivity contribution >= 4 is 16.5 Å². The fourth-order valence-electron chi connectivity index (χ4n) is 2.09. The normalized spacial score (nSPS) is 11.5. The summed E-state index contributed by atoms with van der Waals surface area (Å²) in [6.07, 6.45) is 12.5. The van der Waals surface area contributed by atoms with E-state index in [1.807, 2.05) is 41.2 Å². The van der Waals surface area contributed by atoms with Crippen molar-refractivity contribution in [2.75, 3.05) is 0 Å². The van der Waals surface area contributed by atoms with E-state index in [2.05, 4.69) is 28.1 Å². The van der Waals surface area contributed by atoms with Gasteiger partial charge in [0.05, 0.1) is 11.8 Å². The number of hydrogen-bond acceptors (Lipinski definition) is 3. The molecule has 1 aromatic carbocycles. The van der Waals surface area contributed by atoms with Gasteiger partial charge in [0.15, 0.2) is 5.82 Å². The Morgan fingerprint density at radius 1 is 1.29 bits per heavy atom. The topological polar surface area (TPSA) is 43.6 Å². The third-order valence-corrected chi connectivity index (χ3v) is 3.14. The van der Waals surface area contributed by atoms with Gasteiger partial charge in [-0.1, -0.05) is 31.4 Å². The molecule has 4 heteroatoms. The van der Waals surface area contributed by atoms with E-state index in [-0.39, 0.29) is 1.43 Å². The molecular weight excluding hydrogens is 260 g/mol. The van der Waals surface area contributed by atoms with Crippen LogP contribution in [0, 0.1) is 0 Å². The van der Waals surface area contributed by atoms with Crippen LogP contribution in [-0.4, -0.2) is 19.5 Å². The molecule has 3 aromatic rings. The van der Waals surface area contributed by atoms with Crippen LogP contribution in [-0.2, 0) is 0 Å². The molecule has 2 heterocycles. The minimum atomic E-state index is 0. The van der Waals surface area contributed by atoms with Crippen LogP contribution in [0.25, 0.3) is 22.2 Å². The highest BCUT2D eigenvalue weighted by molar-refractivity contribution is 5.82. The van der Waals surface area contributed by atoms with Crippen LogP contribution < -0.4 is 0 Å². The van der Waals surface area contributed by atoms with Crippen LogP contribution in [0.5, 0.6) is 0 Å². The van der Waals surface area contributed by atoms with Gasteiger partial charge in [0.25, 0.3) is 0 Å². The van der Waals surface area contributed by atoms with E-state index in [9.17, 15) is 0 Å². The number of nitrogens with zero attached hydrogens (tertiary/aromatic N) is 4. The number of hydrogen-bond donors (Lipinski definition) is 0. The summed E-state index contributed by atoms with van der Waals surface area (Å²) in [6, 6.07) is 6.02. The van der Waals surface area contributed by atoms with Gasteiger partial charge in [-0.2, -0.15) is 0 Å². The molecule has 0 saturated carbocycles. The van der Waals surface area contributed by atoms with Gasteiger partial charge in [-0.3, -0.25) is 0 Å². The number of rotatable bonds is 4. The quantitative estimate of drug-likeness (QED) is 0.680. The third kappa shape index (κ3) is 2.51. The highest BCUT2D eigenvalue weighted by atomic mass is 15.0. The van der Waals surface area contributed by atoms with Crippen LogP contribution in [0.3, 0.4) is 0 Å². The molecule has 0 bridgehead atoms. The van der Waals surface area contributed by atoms with Gasteiger partial charge in [-0.25, -0.2) is 15.0 Å². The zero-order chi connectivity index (χ0) is 14.7. The fourth-order valence-corrected chi connectivity index (χ4v) is 2.09. The Labute approximate surface area is 124 Å². The molecule has 2 aromatic heterocycles. The molecule has 0 aliphatic carbocycles. The minimum Gasteiger partial charge on any atom is -0.306 e. The minimum absolute atomic E-state index is 0. The smallest absolute Gasteiger partial charge is 0.159 e. The van der Waals surface area contributed by atoms with Crippen LogP contribution in [0.4, 0.5) is 0 Å². The number of imidazole rings is 1. The first-order valence-corrected chi connectivity index (χ1v) is 6.52. The van der Waals surface area contributed by atoms with Gasteiger partial charge in [-0.15, -0.1) is 0 Å². The highest BCUT2D eigenvalue weighted by Crippen LogP contribution is 2.19. The van der Waals surface area contributed by atoms with E-state index < -0.39 is 0 Å². The van der Waals surface area contributed by atoms with Crippen LogP contribution in [0.15, 0.2) is 74.5 Å². The van der Waals surface area contributed by atoms with Gasteiger partial charge >= 0.3 is 0 Å². The van der Waals surface area contributed by atoms with Crippen molar-refractivity contribution in [3.05, 3.63) is 80.3 Å². The molecule has 21 heavy (non-hydrogen) atoms. The Kier molecular flexibility index (Phi) is 3.43. The molecule has 0 spiro atoms. The van der Waals surface area contributed by atoms with Gasteiger partial charge in [0.1, 0.15) is 0 Å². The largest absolute Gasteiger partial charge is 0.306 e. The zero-order valence-corrected chi connectivity index (χ0v) is 11.5. The predicted octanol–water partition coefficient (Wildman–Crippen LogP) is 3.82. The van der Waals surface area contributed by atoms with E-state index in [4.69, 9.17) is 0 Å². The van der Waals surface area contributed by atoms with Crippen molar-refractivity contribution in [3.63, 3.8) is 0 Å². The molecule has 0 N–H and O–H groups in total. The lowest BCUT2D eigenvalue weighted by atomic mass is 10.2. The van der Waals surface area contributed by atoms with Crippen LogP contribution in [0.2, 0.25) is 0 Å². The molecule has 0 aliphatic heterocycles. The lowest BCUT2D eigenvalue weighted by Crippen LogP contribution is -1.95. The second kappa shape index (κ2) is 5.54. The van der Waals surface area contributed by atoms with Crippen molar-refractivity contribution in [3.8, 4) is 5.69 Å². The molecule has 3 rings (SSSR count). The zero-order valence-electron chi connectivity index (χ0n) is 11.5. The first-order valence-electron chi connectivity index (χ1n) is 6.52. The molecular formula is C17H16N4. The number of benzene rings is 1. The molecule has 4 nitrogen and oxygen atoms in total. The maximum Gasteiger partial charge on any atom is 0.159 e. The van der Waals surface area contributed by atoms with Crippen molar-refractivity contribution < 1.29 is 1.43 Å². The summed E-state index contributed by atoms with van der Waals surface area (Å²) < 4.78 is 1.94. The molecule has 0 aliphatic rings. The average Bonchev–Trinajstić information content (AvgIpc) is 3.06. The summed E-state index contributed by atoms with van der Waals surface area (Å²) in [5, 5.41) is 0.979. The first kappa shape index (κ1) is 13.0. The van der Waals surface area contributed by atoms with Crippen LogP contribution >= 0.6 is 0 Å². The average molecular weight is 276 g/mol. The van der Waals surface area contributed by atoms with Crippen molar-refractivity contribution in [2.24, 2.45) is 0 Å². The van der Waals surface area contributed by atoms with Gasteiger partial charge < -0.3 is 4.57 Å². The SMILES string of the molecule is C=C/C=C(\C=C)c1ncc2cc(-n3ccnc3)ccc2n1.[HH]. The number of fused-ring (bicyclic) bond motifs is 1. The molecule has 0 saturated heterocycles. The standard InChI is InChI=1S/C17H14N4.H2/c1-3-5-13(4-2)17-19-11-14-10-15(6-7-16(14)20-17)21-9-8-18-12-21;/h3-12H,1-2H2;1H/b13-5+;. The van der Waals surface area contributed by atoms with E-state index in [0.717, 1.165) is 22.2 Å². The highest BCUT2D eigenvalue weighted by Gasteiger charge is 2.04. The first-order chi connectivity index (χ1) is 10.3. The van der Waals surface area contributed by atoms with Gasteiger partial charge in [0, 0.05) is 36.7 Å². The Hall–Kier alpha value is -3.01. The molecule has 0 fully saturated rings. The Morgan fingerprint density at radius 2 is 2.19 bits per heavy atom. The summed E-state index contributed by atoms with van der Waals surface area (Å²) in [5.41, 5.74) is 2.77. The van der Waals surface area contributed by atoms with Crippen molar-refractivity contribution in [1.29, 1.82) is 0 Å². The summed E-state index contributed by atoms with van der Waals surface area (Å²) >= 11 is 0. The third-order valence-electron chi connectivity index (χ3n) is 3.14. The lowest BCUT2D eigenvalue weighted by Gasteiger charge is -2.06. The number of allylic oxidation sites excluding steroid dienone is 4. The molecule has 0 radical (unpaired) electrons. The summed E-state index contributed by atoms with van der Waals surface area (Å²) in [4.78, 5) is 13.0. The fraction of sp³-hybridized carbons (Fsp3) is 0. The maximum atomic E-state index is 4.56. The monoisotopic (exact) mass is 276 g/mol. The van der Waals surface area contributed by atoms with Crippen molar-refractivity contribution in [1.82, 2.24) is 19.5 Å². The number of aromatic nitrogens is 4. The molecule has 0 amide bonds. The van der Waals surface area contributed by atoms with Crippen LogP contribution in [0.1, 0.15) is 7.25 Å². The molecule has 0 atom stereocenters. The second-order valence-corrected chi connectivity index (χ2v) is 4.47. The van der Waals surface area contributed by atoms with E-state index >= 15 is 0 Å². The molecule has 0 unspecified atom stereocenters. The predicted molar refractivity (Wildman–Crippen MR) is 87.1 cm³/mol. The van der Waals surface area contributed by atoms with E-state index in [1.165, 1.54) is 0 Å². The van der Waals surface area contributed by atoms with Gasteiger partial charge in [0.2, 0.25) is 0 Å². The Balaban J connectivity index is 0.00000176. The van der Waals surface area contributed by atoms with Crippen molar-refractivity contribution in [2.45, 2.75) is 0 Å². The summed E-state index contributed by atoms with van der Waals surface area (Å²) in [7, 11) is 0. The lowest BCUT2D eigenvalue weighted by molar-refractivity contribution is 1.06. The van der Waals surface area contributed by atoms with E-state index in [1.54, 1.807) is 24.7 Å². The summed E-state index contributed by atoms with van der Waals surface area (Å²) in [5.74, 6) is 0.646. The maximum absolute atomic E-state index is 4.56. The van der Waals surface area contributed by atoms with Gasteiger partial charge in [-0.05, 0) is 18.2 Å².